The number of hydrogen-bond acceptors (Lipinski definition) is 15. The second-order valence-electron chi connectivity index (χ2n) is 20.9. The van der Waals surface area contributed by atoms with Gasteiger partial charge < -0.3 is 59.2 Å². The van der Waals surface area contributed by atoms with E-state index in [9.17, 15) is 45.5 Å². The van der Waals surface area contributed by atoms with Crippen LogP contribution >= 0.6 is 0 Å². The third kappa shape index (κ3) is 7.26. The van der Waals surface area contributed by atoms with Gasteiger partial charge in [0.1, 0.15) is 49.8 Å². The van der Waals surface area contributed by atoms with Crippen molar-refractivity contribution in [3.63, 3.8) is 0 Å². The van der Waals surface area contributed by atoms with Gasteiger partial charge in [0.2, 0.25) is 0 Å². The van der Waals surface area contributed by atoms with Gasteiger partial charge in [-0.3, -0.25) is 4.79 Å². The van der Waals surface area contributed by atoms with E-state index in [2.05, 4.69) is 52.5 Å². The summed E-state index contributed by atoms with van der Waals surface area (Å²) >= 11 is 0. The maximum Gasteiger partial charge on any atom is 0.312 e. The Balaban J connectivity index is 1.13. The van der Waals surface area contributed by atoms with Crippen LogP contribution in [-0.4, -0.2) is 130 Å². The minimum absolute atomic E-state index is 0.0136. The number of esters is 1. The number of aliphatic hydroxyl groups excluding tert-OH is 6. The molecule has 0 aromatic carbocycles. The average Bonchev–Trinajstić information content (AvgIpc) is 3.18. The van der Waals surface area contributed by atoms with Crippen molar-refractivity contribution in [1.82, 2.24) is 0 Å². The zero-order valence-corrected chi connectivity index (χ0v) is 35.8. The van der Waals surface area contributed by atoms with Gasteiger partial charge >= 0.3 is 5.97 Å². The summed E-state index contributed by atoms with van der Waals surface area (Å²) in [5.41, 5.74) is -0.574. The Morgan fingerprint density at radius 1 is 0.864 bits per heavy atom. The van der Waals surface area contributed by atoms with Crippen LogP contribution < -0.4 is 0 Å². The average molecular weight is 840 g/mol. The van der Waals surface area contributed by atoms with Gasteiger partial charge in [-0.25, -0.2) is 0 Å². The highest BCUT2D eigenvalue weighted by Gasteiger charge is 2.70. The van der Waals surface area contributed by atoms with E-state index < -0.39 is 77.3 Å². The van der Waals surface area contributed by atoms with Gasteiger partial charge in [-0.15, -0.1) is 10.1 Å². The summed E-state index contributed by atoms with van der Waals surface area (Å²) in [7, 11) is 0. The Bertz CT molecular complexity index is 1610. The minimum atomic E-state index is -1.64. The normalized spacial score (nSPS) is 50.5. The van der Waals surface area contributed by atoms with E-state index in [0.717, 1.165) is 44.9 Å². The van der Waals surface area contributed by atoms with Crippen LogP contribution in [0.5, 0.6) is 0 Å². The molecule has 5 aliphatic carbocycles. The first kappa shape index (κ1) is 45.0. The number of allylic oxidation sites excluding steroid dienone is 2. The molecule has 0 radical (unpaired) electrons. The number of rotatable bonds is 10. The molecule has 59 heavy (non-hydrogen) atoms. The zero-order chi connectivity index (χ0) is 43.1. The predicted molar refractivity (Wildman–Crippen MR) is 208 cm³/mol. The Labute approximate surface area is 347 Å². The Hall–Kier alpha value is -1.99. The Morgan fingerprint density at radius 2 is 1.58 bits per heavy atom. The van der Waals surface area contributed by atoms with Crippen LogP contribution in [0.4, 0.5) is 0 Å². The lowest BCUT2D eigenvalue weighted by molar-refractivity contribution is -0.757. The third-order valence-corrected chi connectivity index (χ3v) is 17.5. The van der Waals surface area contributed by atoms with Crippen molar-refractivity contribution < 1.29 is 69.0 Å². The van der Waals surface area contributed by atoms with Crippen LogP contribution in [0.25, 0.3) is 0 Å². The molecule has 7 aliphatic rings. The van der Waals surface area contributed by atoms with Crippen LogP contribution in [0, 0.1) is 60.4 Å². The quantitative estimate of drug-likeness (QED) is 0.0463. The first-order chi connectivity index (χ1) is 27.6. The minimum Gasteiger partial charge on any atom is -0.463 e. The lowest BCUT2D eigenvalue weighted by Crippen LogP contribution is -2.67. The fourth-order valence-electron chi connectivity index (χ4n) is 13.7. The summed E-state index contributed by atoms with van der Waals surface area (Å²) in [4.78, 5) is 29.3. The molecule has 0 unspecified atom stereocenters. The molecule has 0 amide bonds. The smallest absolute Gasteiger partial charge is 0.312 e. The highest BCUT2D eigenvalue weighted by atomic mass is 17.0. The van der Waals surface area contributed by atoms with Gasteiger partial charge in [0.25, 0.3) is 5.09 Å². The van der Waals surface area contributed by atoms with Gasteiger partial charge in [-0.05, 0) is 111 Å². The van der Waals surface area contributed by atoms with Crippen molar-refractivity contribution >= 4 is 5.97 Å². The molecule has 2 saturated heterocycles. The Kier molecular flexibility index (Phi) is 12.2. The van der Waals surface area contributed by atoms with Crippen molar-refractivity contribution in [2.75, 3.05) is 26.4 Å². The van der Waals surface area contributed by atoms with Crippen LogP contribution in [0.1, 0.15) is 113 Å². The molecular weight excluding hydrogens is 770 g/mol. The summed E-state index contributed by atoms with van der Waals surface area (Å²) in [6.07, 6.45) is -2.45. The molecule has 0 spiro atoms. The van der Waals surface area contributed by atoms with Gasteiger partial charge in [0.05, 0.1) is 30.8 Å². The third-order valence-electron chi connectivity index (χ3n) is 17.5. The van der Waals surface area contributed by atoms with Crippen molar-refractivity contribution in [1.29, 1.82) is 0 Å². The number of ether oxygens (including phenoxy) is 5. The molecule has 0 bridgehead atoms. The first-order valence-corrected chi connectivity index (χ1v) is 21.8. The maximum atomic E-state index is 14.1. The molecule has 18 atom stereocenters. The van der Waals surface area contributed by atoms with E-state index in [1.54, 1.807) is 0 Å². The van der Waals surface area contributed by atoms with Crippen molar-refractivity contribution in [2.24, 2.45) is 50.2 Å². The summed E-state index contributed by atoms with van der Waals surface area (Å²) in [5, 5.41) is 74.3. The lowest BCUT2D eigenvalue weighted by Gasteiger charge is -2.71. The van der Waals surface area contributed by atoms with E-state index >= 15 is 0 Å². The molecular formula is C43H69NO15. The van der Waals surface area contributed by atoms with Crippen molar-refractivity contribution in [2.45, 2.75) is 174 Å². The fraction of sp³-hybridized carbons (Fsp3) is 0.930. The zero-order valence-electron chi connectivity index (χ0n) is 35.8. The molecule has 2 heterocycles. The van der Waals surface area contributed by atoms with Crippen LogP contribution in [-0.2, 0) is 33.3 Å². The predicted octanol–water partition coefficient (Wildman–Crippen LogP) is 3.19. The standard InChI is InChI=1S/C43H69NO15/c1-23-30(47)32(49)33(50)35(57-23)59-34-31(48)26(46)21-55-36(34)58-29-11-12-39(4)27(40(29,5)22-45)10-13-42(7)28(39)9-8-24-25-20-38(2,3)14-16-43(25,17-15-41(24,42)6)37(51)54-18-19-56-44(52)53/h8,23,25-36,45-50H,9-22H2,1-7H3/t23-,25+,26+,27-,28-,29+,30+,31+,32-,33-,34-,35+,36+,39+,40+,41-,42-,43+/m1/s1. The number of fused-ring (bicyclic) bond motifs is 7. The number of nitrogens with zero attached hydrogens (tertiary/aromatic N) is 1. The Morgan fingerprint density at radius 3 is 2.27 bits per heavy atom. The molecule has 6 N–H and O–H groups in total. The lowest BCUT2D eigenvalue weighted by atomic mass is 9.33. The number of carbonyl (C=O) groups is 1. The van der Waals surface area contributed by atoms with Crippen molar-refractivity contribution in [3.05, 3.63) is 21.8 Å². The van der Waals surface area contributed by atoms with E-state index in [-0.39, 0.29) is 71.8 Å². The highest BCUT2D eigenvalue weighted by molar-refractivity contribution is 5.78. The monoisotopic (exact) mass is 839 g/mol. The van der Waals surface area contributed by atoms with Crippen molar-refractivity contribution in [3.8, 4) is 0 Å². The van der Waals surface area contributed by atoms with Gasteiger partial charge in [0.15, 0.2) is 12.6 Å². The van der Waals surface area contributed by atoms with E-state index in [1.807, 2.05) is 0 Å². The molecule has 0 aromatic heterocycles. The van der Waals surface area contributed by atoms with E-state index in [1.165, 1.54) is 12.5 Å². The molecule has 4 saturated carbocycles. The number of carbonyl (C=O) groups excluding carboxylic acids is 1. The van der Waals surface area contributed by atoms with Gasteiger partial charge in [0, 0.05) is 5.41 Å². The highest BCUT2D eigenvalue weighted by Crippen LogP contribution is 2.76. The van der Waals surface area contributed by atoms with E-state index in [4.69, 9.17) is 23.7 Å². The molecule has 16 heteroatoms. The fourth-order valence-corrected chi connectivity index (χ4v) is 13.7. The van der Waals surface area contributed by atoms with Gasteiger partial charge in [-0.2, -0.15) is 0 Å². The van der Waals surface area contributed by atoms with Crippen LogP contribution in [0.3, 0.4) is 0 Å². The van der Waals surface area contributed by atoms with Gasteiger partial charge in [-0.1, -0.05) is 53.2 Å². The van der Waals surface area contributed by atoms with Crippen LogP contribution in [0.15, 0.2) is 11.6 Å². The summed E-state index contributed by atoms with van der Waals surface area (Å²) in [5.74, 6) is 0.0120. The topological polar surface area (TPSA) is 237 Å². The first-order valence-electron chi connectivity index (χ1n) is 21.8. The molecule has 6 fully saturated rings. The largest absolute Gasteiger partial charge is 0.463 e. The maximum absolute atomic E-state index is 14.1. The molecule has 7 rings (SSSR count). The summed E-state index contributed by atoms with van der Waals surface area (Å²) in [6, 6.07) is 0. The second kappa shape index (κ2) is 16.0. The van der Waals surface area contributed by atoms with E-state index in [0.29, 0.717) is 19.3 Å². The summed E-state index contributed by atoms with van der Waals surface area (Å²) < 4.78 is 30.1. The molecule has 0 aromatic rings. The molecule has 16 nitrogen and oxygen atoms in total. The SMILES string of the molecule is C[C@H]1O[C@@H](O[C@H]2[C@H](O[C@H]3CC[C@@]4(C)[C@@H](CC[C@]5(C)[C@@H]4CC=C4[C@@H]6CC(C)(C)CC[C@]6(C(=O)OCCO[N+](=O)[O-])CC[C@]45C)[C@]3(C)CO)OC[C@H](O)[C@@H]2O)[C@H](O)[C@H](O)[C@H]1O. The summed E-state index contributed by atoms with van der Waals surface area (Å²) in [6.45, 7) is 14.5. The second-order valence-corrected chi connectivity index (χ2v) is 20.9. The number of hydrogen-bond donors (Lipinski definition) is 6. The van der Waals surface area contributed by atoms with Crippen LogP contribution in [0.2, 0.25) is 0 Å². The molecule has 2 aliphatic heterocycles. The number of aliphatic hydroxyl groups is 6. The molecule has 336 valence electrons.